The fourth-order valence-corrected chi connectivity index (χ4v) is 2.20. The van der Waals surface area contributed by atoms with Crippen LogP contribution in [0.25, 0.3) is 6.08 Å². The molecule has 0 aliphatic rings. The number of nitrogens with one attached hydrogen (secondary N) is 1. The Labute approximate surface area is 151 Å². The second-order valence-electron chi connectivity index (χ2n) is 5.16. The third-order valence-corrected chi connectivity index (χ3v) is 3.49. The molecule has 0 heterocycles. The molecule has 2 rings (SSSR count). The normalized spacial score (nSPS) is 10.5. The summed E-state index contributed by atoms with van der Waals surface area (Å²) in [5, 5.41) is 12.5. The van der Waals surface area contributed by atoms with E-state index in [0.717, 1.165) is 5.56 Å². The third kappa shape index (κ3) is 5.14. The van der Waals surface area contributed by atoms with Crippen molar-refractivity contribution in [2.75, 3.05) is 11.9 Å². The fourth-order valence-electron chi connectivity index (χ4n) is 2.02. The number of halogens is 1. The molecular formula is C20H15ClN2O2. The lowest BCUT2D eigenvalue weighted by atomic mass is 10.1. The molecule has 2 aromatic rings. The van der Waals surface area contributed by atoms with E-state index in [2.05, 4.69) is 11.2 Å². The molecule has 25 heavy (non-hydrogen) atoms. The van der Waals surface area contributed by atoms with Crippen molar-refractivity contribution >= 4 is 29.3 Å². The highest BCUT2D eigenvalue weighted by Crippen LogP contribution is 2.25. The van der Waals surface area contributed by atoms with E-state index >= 15 is 0 Å². The SMILES string of the molecule is C#CCOc1ccc(Cl)cc1/C=C(\C#N)C(=O)Nc1ccc(C)cc1. The summed E-state index contributed by atoms with van der Waals surface area (Å²) in [5.74, 6) is 2.29. The van der Waals surface area contributed by atoms with Crippen molar-refractivity contribution < 1.29 is 9.53 Å². The van der Waals surface area contributed by atoms with Crippen LogP contribution in [0.5, 0.6) is 5.75 Å². The van der Waals surface area contributed by atoms with Gasteiger partial charge in [0.1, 0.15) is 24.0 Å². The van der Waals surface area contributed by atoms with Crippen LogP contribution in [-0.4, -0.2) is 12.5 Å². The predicted molar refractivity (Wildman–Crippen MR) is 99.2 cm³/mol. The molecule has 1 amide bonds. The Bertz CT molecular complexity index is 887. The van der Waals surface area contributed by atoms with Gasteiger partial charge < -0.3 is 10.1 Å². The first kappa shape index (κ1) is 18.1. The van der Waals surface area contributed by atoms with Crippen LogP contribution in [0.3, 0.4) is 0 Å². The van der Waals surface area contributed by atoms with Crippen molar-refractivity contribution in [1.29, 1.82) is 5.26 Å². The molecular weight excluding hydrogens is 336 g/mol. The molecule has 0 aliphatic carbocycles. The van der Waals surface area contributed by atoms with Crippen LogP contribution in [0.2, 0.25) is 5.02 Å². The molecule has 5 heteroatoms. The van der Waals surface area contributed by atoms with E-state index in [0.29, 0.717) is 22.0 Å². The second-order valence-corrected chi connectivity index (χ2v) is 5.60. The molecule has 0 radical (unpaired) electrons. The zero-order chi connectivity index (χ0) is 18.2. The highest BCUT2D eigenvalue weighted by atomic mass is 35.5. The number of benzene rings is 2. The highest BCUT2D eigenvalue weighted by molar-refractivity contribution is 6.30. The fraction of sp³-hybridized carbons (Fsp3) is 0.100. The van der Waals surface area contributed by atoms with E-state index in [9.17, 15) is 10.1 Å². The van der Waals surface area contributed by atoms with Crippen molar-refractivity contribution in [1.82, 2.24) is 0 Å². The average molecular weight is 351 g/mol. The minimum absolute atomic E-state index is 0.0694. The van der Waals surface area contributed by atoms with Gasteiger partial charge in [-0.05, 0) is 43.3 Å². The highest BCUT2D eigenvalue weighted by Gasteiger charge is 2.12. The Morgan fingerprint density at radius 2 is 2.04 bits per heavy atom. The van der Waals surface area contributed by atoms with Crippen LogP contribution in [0.4, 0.5) is 5.69 Å². The summed E-state index contributed by atoms with van der Waals surface area (Å²) in [6.45, 7) is 2.02. The van der Waals surface area contributed by atoms with Crippen molar-refractivity contribution in [2.24, 2.45) is 0 Å². The predicted octanol–water partition coefficient (Wildman–Crippen LogP) is 4.21. The summed E-state index contributed by atoms with van der Waals surface area (Å²) in [7, 11) is 0. The lowest BCUT2D eigenvalue weighted by molar-refractivity contribution is -0.112. The van der Waals surface area contributed by atoms with Gasteiger partial charge in [0.15, 0.2) is 0 Å². The molecule has 0 atom stereocenters. The number of aryl methyl sites for hydroxylation is 1. The van der Waals surface area contributed by atoms with Crippen LogP contribution in [0, 0.1) is 30.6 Å². The van der Waals surface area contributed by atoms with Crippen LogP contribution >= 0.6 is 11.6 Å². The summed E-state index contributed by atoms with van der Waals surface area (Å²) < 4.78 is 5.42. The van der Waals surface area contributed by atoms with E-state index in [4.69, 9.17) is 22.8 Å². The topological polar surface area (TPSA) is 62.1 Å². The molecule has 0 aliphatic heterocycles. The van der Waals surface area contributed by atoms with Gasteiger partial charge in [0, 0.05) is 16.3 Å². The maximum absolute atomic E-state index is 12.3. The minimum Gasteiger partial charge on any atom is -0.480 e. The van der Waals surface area contributed by atoms with Gasteiger partial charge in [0.25, 0.3) is 5.91 Å². The first-order valence-corrected chi connectivity index (χ1v) is 7.77. The number of carbonyl (C=O) groups excluding carboxylic acids is 1. The van der Waals surface area contributed by atoms with Gasteiger partial charge in [-0.1, -0.05) is 35.2 Å². The van der Waals surface area contributed by atoms with Gasteiger partial charge in [-0.25, -0.2) is 0 Å². The zero-order valence-electron chi connectivity index (χ0n) is 13.5. The van der Waals surface area contributed by atoms with Crippen molar-refractivity contribution in [3.8, 4) is 24.2 Å². The first-order valence-electron chi connectivity index (χ1n) is 7.39. The van der Waals surface area contributed by atoms with Gasteiger partial charge in [0.2, 0.25) is 0 Å². The van der Waals surface area contributed by atoms with Gasteiger partial charge in [-0.3, -0.25) is 4.79 Å². The number of hydrogen-bond donors (Lipinski definition) is 1. The Balaban J connectivity index is 2.29. The van der Waals surface area contributed by atoms with Crippen molar-refractivity contribution in [2.45, 2.75) is 6.92 Å². The molecule has 0 saturated heterocycles. The maximum Gasteiger partial charge on any atom is 0.266 e. The lowest BCUT2D eigenvalue weighted by Crippen LogP contribution is -2.13. The van der Waals surface area contributed by atoms with Crippen molar-refractivity contribution in [3.63, 3.8) is 0 Å². The van der Waals surface area contributed by atoms with E-state index < -0.39 is 5.91 Å². The molecule has 0 saturated carbocycles. The number of nitriles is 1. The second kappa shape index (κ2) is 8.59. The summed E-state index contributed by atoms with van der Waals surface area (Å²) in [6, 6.07) is 14.0. The number of nitrogens with zero attached hydrogens (tertiary/aromatic N) is 1. The monoisotopic (exact) mass is 350 g/mol. The zero-order valence-corrected chi connectivity index (χ0v) is 14.3. The van der Waals surface area contributed by atoms with Gasteiger partial charge >= 0.3 is 0 Å². The quantitative estimate of drug-likeness (QED) is 0.499. The van der Waals surface area contributed by atoms with Gasteiger partial charge in [-0.15, -0.1) is 6.42 Å². The van der Waals surface area contributed by atoms with Crippen molar-refractivity contribution in [3.05, 3.63) is 64.2 Å². The minimum atomic E-state index is -0.519. The Kier molecular flexibility index (Phi) is 6.23. The largest absolute Gasteiger partial charge is 0.480 e. The van der Waals surface area contributed by atoms with Crippen LogP contribution in [-0.2, 0) is 4.79 Å². The molecule has 0 fully saturated rings. The Hall–Kier alpha value is -3.21. The Morgan fingerprint density at radius 3 is 2.68 bits per heavy atom. The van der Waals surface area contributed by atoms with Gasteiger partial charge in [-0.2, -0.15) is 5.26 Å². The molecule has 0 aromatic heterocycles. The van der Waals surface area contributed by atoms with E-state index in [1.807, 2.05) is 25.1 Å². The number of terminal acetylenes is 1. The van der Waals surface area contributed by atoms with Crippen LogP contribution in [0.1, 0.15) is 11.1 Å². The first-order chi connectivity index (χ1) is 12.0. The maximum atomic E-state index is 12.3. The molecule has 124 valence electrons. The summed E-state index contributed by atoms with van der Waals surface area (Å²) in [4.78, 5) is 12.3. The third-order valence-electron chi connectivity index (χ3n) is 3.26. The average Bonchev–Trinajstić information content (AvgIpc) is 2.60. The number of hydrogen-bond acceptors (Lipinski definition) is 3. The molecule has 1 N–H and O–H groups in total. The molecule has 0 unspecified atom stereocenters. The van der Waals surface area contributed by atoms with Gasteiger partial charge in [0.05, 0.1) is 0 Å². The number of rotatable bonds is 5. The Morgan fingerprint density at radius 1 is 1.32 bits per heavy atom. The van der Waals surface area contributed by atoms with Crippen LogP contribution < -0.4 is 10.1 Å². The lowest BCUT2D eigenvalue weighted by Gasteiger charge is -2.08. The number of ether oxygens (including phenoxy) is 1. The van der Waals surface area contributed by atoms with E-state index in [-0.39, 0.29) is 12.2 Å². The molecule has 2 aromatic carbocycles. The summed E-state index contributed by atoms with van der Waals surface area (Å²) in [5.41, 5.74) is 2.10. The molecule has 0 bridgehead atoms. The number of anilines is 1. The molecule has 4 nitrogen and oxygen atoms in total. The smallest absolute Gasteiger partial charge is 0.266 e. The standard InChI is InChI=1S/C20H15ClN2O2/c1-3-10-25-19-9-6-17(21)12-15(19)11-16(13-22)20(24)23-18-7-4-14(2)5-8-18/h1,4-9,11-12H,10H2,2H3,(H,23,24)/b16-11+. The molecule has 0 spiro atoms. The summed E-state index contributed by atoms with van der Waals surface area (Å²) >= 11 is 5.99. The number of carbonyl (C=O) groups is 1. The summed E-state index contributed by atoms with van der Waals surface area (Å²) in [6.07, 6.45) is 6.61. The van der Waals surface area contributed by atoms with Crippen LogP contribution in [0.15, 0.2) is 48.0 Å². The van der Waals surface area contributed by atoms with E-state index in [1.165, 1.54) is 6.08 Å². The number of amides is 1. The van der Waals surface area contributed by atoms with E-state index in [1.54, 1.807) is 30.3 Å².